The zero-order chi connectivity index (χ0) is 14.8. The standard InChI is InChI=1S/C15H14ClN3O2/c1-21-13-5-4-10(6-12(13)16)19-15(20)11-7-17-8-18-14(11)9-2-3-9/h4-9H,2-3H2,1H3,(H,19,20). The van der Waals surface area contributed by atoms with E-state index in [0.717, 1.165) is 18.5 Å². The summed E-state index contributed by atoms with van der Waals surface area (Å²) in [6.07, 6.45) is 5.19. The van der Waals surface area contributed by atoms with Crippen LogP contribution in [-0.4, -0.2) is 23.0 Å². The van der Waals surface area contributed by atoms with Crippen LogP contribution in [0.15, 0.2) is 30.7 Å². The average molecular weight is 304 g/mol. The molecule has 2 aromatic rings. The number of hydrogen-bond donors (Lipinski definition) is 1. The number of ether oxygens (including phenoxy) is 1. The third-order valence-electron chi connectivity index (χ3n) is 3.36. The van der Waals surface area contributed by atoms with Gasteiger partial charge in [0, 0.05) is 17.8 Å². The number of aromatic nitrogens is 2. The number of methoxy groups -OCH3 is 1. The van der Waals surface area contributed by atoms with Gasteiger partial charge in [0.2, 0.25) is 0 Å². The maximum atomic E-state index is 12.4. The summed E-state index contributed by atoms with van der Waals surface area (Å²) in [6.45, 7) is 0. The van der Waals surface area contributed by atoms with E-state index in [4.69, 9.17) is 16.3 Å². The topological polar surface area (TPSA) is 64.1 Å². The highest BCUT2D eigenvalue weighted by Crippen LogP contribution is 2.40. The second-order valence-corrected chi connectivity index (χ2v) is 5.31. The van der Waals surface area contributed by atoms with Crippen LogP contribution in [0.2, 0.25) is 5.02 Å². The van der Waals surface area contributed by atoms with E-state index in [2.05, 4.69) is 15.3 Å². The molecule has 1 N–H and O–H groups in total. The average Bonchev–Trinajstić information content (AvgIpc) is 3.32. The van der Waals surface area contributed by atoms with E-state index in [1.165, 1.54) is 6.33 Å². The van der Waals surface area contributed by atoms with E-state index in [-0.39, 0.29) is 5.91 Å². The van der Waals surface area contributed by atoms with Crippen molar-refractivity contribution >= 4 is 23.2 Å². The number of anilines is 1. The van der Waals surface area contributed by atoms with E-state index < -0.39 is 0 Å². The van der Waals surface area contributed by atoms with Gasteiger partial charge in [0.1, 0.15) is 12.1 Å². The minimum Gasteiger partial charge on any atom is -0.495 e. The van der Waals surface area contributed by atoms with Crippen LogP contribution in [0, 0.1) is 0 Å². The molecule has 0 aliphatic heterocycles. The number of nitrogens with one attached hydrogen (secondary N) is 1. The van der Waals surface area contributed by atoms with Crippen LogP contribution in [0.1, 0.15) is 34.8 Å². The summed E-state index contributed by atoms with van der Waals surface area (Å²) in [4.78, 5) is 20.5. The molecule has 1 aromatic carbocycles. The first-order valence-corrected chi connectivity index (χ1v) is 7.01. The first-order chi connectivity index (χ1) is 10.2. The Balaban J connectivity index is 1.82. The van der Waals surface area contributed by atoms with Crippen LogP contribution in [0.5, 0.6) is 5.75 Å². The van der Waals surface area contributed by atoms with Crippen LogP contribution < -0.4 is 10.1 Å². The fourth-order valence-corrected chi connectivity index (χ4v) is 2.40. The first kappa shape index (κ1) is 13.8. The Bertz CT molecular complexity index is 686. The van der Waals surface area contributed by atoms with Gasteiger partial charge < -0.3 is 10.1 Å². The minimum atomic E-state index is -0.223. The summed E-state index contributed by atoms with van der Waals surface area (Å²) >= 11 is 6.05. The van der Waals surface area contributed by atoms with Crippen LogP contribution in [0.3, 0.4) is 0 Å². The lowest BCUT2D eigenvalue weighted by Crippen LogP contribution is -2.15. The summed E-state index contributed by atoms with van der Waals surface area (Å²) in [5.74, 6) is 0.725. The predicted octanol–water partition coefficient (Wildman–Crippen LogP) is 3.27. The molecule has 0 radical (unpaired) electrons. The van der Waals surface area contributed by atoms with E-state index in [1.54, 1.807) is 31.5 Å². The maximum absolute atomic E-state index is 12.4. The Hall–Kier alpha value is -2.14. The van der Waals surface area contributed by atoms with Gasteiger partial charge in [0.15, 0.2) is 0 Å². The Morgan fingerprint density at radius 2 is 2.24 bits per heavy atom. The van der Waals surface area contributed by atoms with Crippen LogP contribution in [-0.2, 0) is 0 Å². The number of amides is 1. The highest BCUT2D eigenvalue weighted by Gasteiger charge is 2.29. The van der Waals surface area contributed by atoms with Crippen molar-refractivity contribution in [1.82, 2.24) is 9.97 Å². The molecule has 5 nitrogen and oxygen atoms in total. The molecule has 1 heterocycles. The molecule has 21 heavy (non-hydrogen) atoms. The molecule has 0 saturated heterocycles. The van der Waals surface area contributed by atoms with Crippen LogP contribution in [0.25, 0.3) is 0 Å². The normalized spacial score (nSPS) is 13.8. The minimum absolute atomic E-state index is 0.223. The molecule has 3 rings (SSSR count). The maximum Gasteiger partial charge on any atom is 0.259 e. The Morgan fingerprint density at radius 3 is 2.90 bits per heavy atom. The fourth-order valence-electron chi connectivity index (χ4n) is 2.14. The Labute approximate surface area is 127 Å². The number of halogens is 1. The van der Waals surface area contributed by atoms with Crippen molar-refractivity contribution in [3.8, 4) is 5.75 Å². The molecule has 1 amide bonds. The van der Waals surface area contributed by atoms with Gasteiger partial charge in [-0.3, -0.25) is 4.79 Å². The van der Waals surface area contributed by atoms with Crippen molar-refractivity contribution in [2.24, 2.45) is 0 Å². The second kappa shape index (κ2) is 5.69. The second-order valence-electron chi connectivity index (χ2n) is 4.90. The number of rotatable bonds is 4. The number of benzene rings is 1. The highest BCUT2D eigenvalue weighted by atomic mass is 35.5. The van der Waals surface area contributed by atoms with Crippen molar-refractivity contribution < 1.29 is 9.53 Å². The van der Waals surface area contributed by atoms with Crippen molar-refractivity contribution in [2.75, 3.05) is 12.4 Å². The highest BCUT2D eigenvalue weighted by molar-refractivity contribution is 6.32. The molecule has 1 aromatic heterocycles. The van der Waals surface area contributed by atoms with Gasteiger partial charge in [-0.15, -0.1) is 0 Å². The lowest BCUT2D eigenvalue weighted by Gasteiger charge is -2.09. The van der Waals surface area contributed by atoms with Crippen molar-refractivity contribution in [2.45, 2.75) is 18.8 Å². The monoisotopic (exact) mass is 303 g/mol. The summed E-state index contributed by atoms with van der Waals surface area (Å²) in [5, 5.41) is 3.26. The van der Waals surface area contributed by atoms with Gasteiger partial charge in [0.05, 0.1) is 23.4 Å². The van der Waals surface area contributed by atoms with Gasteiger partial charge in [-0.05, 0) is 31.0 Å². The van der Waals surface area contributed by atoms with E-state index >= 15 is 0 Å². The molecular formula is C15H14ClN3O2. The zero-order valence-corrected chi connectivity index (χ0v) is 12.2. The molecule has 1 saturated carbocycles. The molecule has 0 spiro atoms. The molecule has 0 unspecified atom stereocenters. The number of carbonyl (C=O) groups is 1. The summed E-state index contributed by atoms with van der Waals surface area (Å²) in [7, 11) is 1.54. The molecule has 6 heteroatoms. The predicted molar refractivity (Wildman–Crippen MR) is 80.0 cm³/mol. The number of hydrogen-bond acceptors (Lipinski definition) is 4. The van der Waals surface area contributed by atoms with E-state index in [9.17, 15) is 4.79 Å². The van der Waals surface area contributed by atoms with Crippen molar-refractivity contribution in [3.63, 3.8) is 0 Å². The largest absolute Gasteiger partial charge is 0.495 e. The lowest BCUT2D eigenvalue weighted by molar-refractivity contribution is 0.102. The summed E-state index contributed by atoms with van der Waals surface area (Å²) in [5.41, 5.74) is 1.95. The molecule has 1 fully saturated rings. The van der Waals surface area contributed by atoms with Crippen LogP contribution in [0.4, 0.5) is 5.69 Å². The van der Waals surface area contributed by atoms with Crippen LogP contribution >= 0.6 is 11.6 Å². The number of carbonyl (C=O) groups excluding carboxylic acids is 1. The molecule has 0 atom stereocenters. The third kappa shape index (κ3) is 2.97. The lowest BCUT2D eigenvalue weighted by atomic mass is 10.1. The Kier molecular flexibility index (Phi) is 3.75. The first-order valence-electron chi connectivity index (χ1n) is 6.64. The zero-order valence-electron chi connectivity index (χ0n) is 11.5. The SMILES string of the molecule is COc1ccc(NC(=O)c2cncnc2C2CC2)cc1Cl. The summed E-state index contributed by atoms with van der Waals surface area (Å²) in [6, 6.07) is 5.10. The van der Waals surface area contributed by atoms with Crippen molar-refractivity contribution in [3.05, 3.63) is 47.0 Å². The van der Waals surface area contributed by atoms with E-state index in [1.807, 2.05) is 0 Å². The van der Waals surface area contributed by atoms with Gasteiger partial charge in [-0.1, -0.05) is 11.6 Å². The fraction of sp³-hybridized carbons (Fsp3) is 0.267. The molecule has 0 bridgehead atoms. The van der Waals surface area contributed by atoms with Gasteiger partial charge >= 0.3 is 0 Å². The van der Waals surface area contributed by atoms with E-state index in [0.29, 0.717) is 27.9 Å². The smallest absolute Gasteiger partial charge is 0.259 e. The third-order valence-corrected chi connectivity index (χ3v) is 3.66. The van der Waals surface area contributed by atoms with Gasteiger partial charge in [-0.2, -0.15) is 0 Å². The van der Waals surface area contributed by atoms with Crippen molar-refractivity contribution in [1.29, 1.82) is 0 Å². The molecule has 108 valence electrons. The van der Waals surface area contributed by atoms with Gasteiger partial charge in [0.25, 0.3) is 5.91 Å². The molecule has 1 aliphatic rings. The Morgan fingerprint density at radius 1 is 1.43 bits per heavy atom. The molecular weight excluding hydrogens is 290 g/mol. The van der Waals surface area contributed by atoms with Gasteiger partial charge in [-0.25, -0.2) is 9.97 Å². The quantitative estimate of drug-likeness (QED) is 0.941. The summed E-state index contributed by atoms with van der Waals surface area (Å²) < 4.78 is 5.08. The number of nitrogens with zero attached hydrogens (tertiary/aromatic N) is 2. The molecule has 1 aliphatic carbocycles.